The Bertz CT molecular complexity index is 661. The van der Waals surface area contributed by atoms with E-state index < -0.39 is 0 Å². The Balaban J connectivity index is 1.63. The number of carbonyl (C=O) groups excluding carboxylic acids is 1. The average Bonchev–Trinajstić information content (AvgIpc) is 2.61. The van der Waals surface area contributed by atoms with E-state index in [1.54, 1.807) is 4.90 Å². The maximum absolute atomic E-state index is 12.0. The first-order valence-electron chi connectivity index (χ1n) is 8.30. The highest BCUT2D eigenvalue weighted by atomic mass is 16.6. The topological polar surface area (TPSA) is 45.7 Å². The van der Waals surface area contributed by atoms with E-state index in [-0.39, 0.29) is 6.09 Å². The second-order valence-electron chi connectivity index (χ2n) is 5.80. The Morgan fingerprint density at radius 1 is 1.17 bits per heavy atom. The van der Waals surface area contributed by atoms with Gasteiger partial charge in [0.25, 0.3) is 0 Å². The minimum Gasteiger partial charge on any atom is -0.449 e. The molecule has 1 aliphatic rings. The standard InChI is InChI=1S/C18H23N3O2/c1-2-3-14-23-18(22)21-12-10-20(11-13-21)17-16-7-5-4-6-15(16)8-9-19-17/h4-9H,2-3,10-14H2,1H3. The molecular weight excluding hydrogens is 290 g/mol. The lowest BCUT2D eigenvalue weighted by atomic mass is 10.1. The summed E-state index contributed by atoms with van der Waals surface area (Å²) in [4.78, 5) is 20.6. The fourth-order valence-electron chi connectivity index (χ4n) is 2.85. The summed E-state index contributed by atoms with van der Waals surface area (Å²) in [6, 6.07) is 10.3. The van der Waals surface area contributed by atoms with Gasteiger partial charge in [-0.05, 0) is 17.9 Å². The molecule has 5 nitrogen and oxygen atoms in total. The minimum atomic E-state index is -0.191. The summed E-state index contributed by atoms with van der Waals surface area (Å²) in [5.41, 5.74) is 0. The molecular formula is C18H23N3O2. The summed E-state index contributed by atoms with van der Waals surface area (Å²) >= 11 is 0. The van der Waals surface area contributed by atoms with Crippen molar-refractivity contribution in [2.75, 3.05) is 37.7 Å². The van der Waals surface area contributed by atoms with Crippen molar-refractivity contribution in [3.8, 4) is 0 Å². The third-order valence-electron chi connectivity index (χ3n) is 4.21. The van der Waals surface area contributed by atoms with Crippen molar-refractivity contribution >= 4 is 22.7 Å². The number of piperazine rings is 1. The van der Waals surface area contributed by atoms with Gasteiger partial charge in [-0.1, -0.05) is 37.6 Å². The molecule has 23 heavy (non-hydrogen) atoms. The first-order chi connectivity index (χ1) is 11.3. The van der Waals surface area contributed by atoms with Crippen LogP contribution in [0.25, 0.3) is 10.8 Å². The van der Waals surface area contributed by atoms with Crippen LogP contribution in [0.2, 0.25) is 0 Å². The van der Waals surface area contributed by atoms with Crippen LogP contribution in [0.15, 0.2) is 36.5 Å². The summed E-state index contributed by atoms with van der Waals surface area (Å²) in [5, 5.41) is 2.35. The van der Waals surface area contributed by atoms with Gasteiger partial charge >= 0.3 is 6.09 Å². The first kappa shape index (κ1) is 15.6. The summed E-state index contributed by atoms with van der Waals surface area (Å²) in [6.45, 7) is 5.52. The van der Waals surface area contributed by atoms with Gasteiger partial charge in [0.1, 0.15) is 5.82 Å². The van der Waals surface area contributed by atoms with E-state index in [9.17, 15) is 4.79 Å². The normalized spacial score (nSPS) is 15.0. The van der Waals surface area contributed by atoms with Crippen molar-refractivity contribution in [3.05, 3.63) is 36.5 Å². The maximum Gasteiger partial charge on any atom is 0.409 e. The largest absolute Gasteiger partial charge is 0.449 e. The number of carbonyl (C=O) groups is 1. The van der Waals surface area contributed by atoms with Gasteiger partial charge in [-0.2, -0.15) is 0 Å². The summed E-state index contributed by atoms with van der Waals surface area (Å²) < 4.78 is 5.29. The summed E-state index contributed by atoms with van der Waals surface area (Å²) in [7, 11) is 0. The number of benzene rings is 1. The van der Waals surface area contributed by atoms with Gasteiger partial charge < -0.3 is 14.5 Å². The molecule has 0 N–H and O–H groups in total. The van der Waals surface area contributed by atoms with Gasteiger partial charge in [0.05, 0.1) is 6.61 Å². The van der Waals surface area contributed by atoms with Crippen molar-refractivity contribution in [3.63, 3.8) is 0 Å². The monoisotopic (exact) mass is 313 g/mol. The van der Waals surface area contributed by atoms with E-state index in [4.69, 9.17) is 4.74 Å². The van der Waals surface area contributed by atoms with Crippen LogP contribution < -0.4 is 4.90 Å². The maximum atomic E-state index is 12.0. The molecule has 0 unspecified atom stereocenters. The lowest BCUT2D eigenvalue weighted by molar-refractivity contribution is 0.0989. The van der Waals surface area contributed by atoms with Gasteiger partial charge in [0, 0.05) is 37.8 Å². The van der Waals surface area contributed by atoms with Crippen molar-refractivity contribution in [1.82, 2.24) is 9.88 Å². The van der Waals surface area contributed by atoms with Crippen LogP contribution in [0, 0.1) is 0 Å². The van der Waals surface area contributed by atoms with Crippen LogP contribution in [0.4, 0.5) is 10.6 Å². The molecule has 2 aromatic rings. The molecule has 0 saturated carbocycles. The number of nitrogens with zero attached hydrogens (tertiary/aromatic N) is 3. The highest BCUT2D eigenvalue weighted by molar-refractivity contribution is 5.92. The number of aromatic nitrogens is 1. The SMILES string of the molecule is CCCCOC(=O)N1CCN(c2nccc3ccccc23)CC1. The zero-order chi connectivity index (χ0) is 16.1. The second-order valence-corrected chi connectivity index (χ2v) is 5.80. The molecule has 0 radical (unpaired) electrons. The number of rotatable bonds is 4. The zero-order valence-corrected chi connectivity index (χ0v) is 13.6. The third-order valence-corrected chi connectivity index (χ3v) is 4.21. The van der Waals surface area contributed by atoms with Crippen LogP contribution in [-0.4, -0.2) is 48.8 Å². The summed E-state index contributed by atoms with van der Waals surface area (Å²) in [5.74, 6) is 1.00. The second kappa shape index (κ2) is 7.31. The minimum absolute atomic E-state index is 0.191. The average molecular weight is 313 g/mol. The number of hydrogen-bond acceptors (Lipinski definition) is 4. The number of amides is 1. The molecule has 1 aromatic carbocycles. The Hall–Kier alpha value is -2.30. The molecule has 0 spiro atoms. The predicted octanol–water partition coefficient (Wildman–Crippen LogP) is 3.29. The molecule has 1 aliphatic heterocycles. The number of pyridine rings is 1. The smallest absolute Gasteiger partial charge is 0.409 e. The lowest BCUT2D eigenvalue weighted by Gasteiger charge is -2.35. The van der Waals surface area contributed by atoms with Crippen molar-refractivity contribution in [2.45, 2.75) is 19.8 Å². The number of fused-ring (bicyclic) bond motifs is 1. The molecule has 0 atom stereocenters. The van der Waals surface area contributed by atoms with Crippen LogP contribution in [-0.2, 0) is 4.74 Å². The molecule has 2 heterocycles. The van der Waals surface area contributed by atoms with E-state index in [0.717, 1.165) is 37.1 Å². The van der Waals surface area contributed by atoms with Crippen molar-refractivity contribution < 1.29 is 9.53 Å². The van der Waals surface area contributed by atoms with Gasteiger partial charge in [0.15, 0.2) is 0 Å². The zero-order valence-electron chi connectivity index (χ0n) is 13.6. The fraction of sp³-hybridized carbons (Fsp3) is 0.444. The Morgan fingerprint density at radius 3 is 2.74 bits per heavy atom. The molecule has 1 fully saturated rings. The molecule has 1 aromatic heterocycles. The van der Waals surface area contributed by atoms with E-state index in [1.165, 1.54) is 5.39 Å². The molecule has 122 valence electrons. The van der Waals surface area contributed by atoms with Crippen molar-refractivity contribution in [1.29, 1.82) is 0 Å². The summed E-state index contributed by atoms with van der Waals surface area (Å²) in [6.07, 6.45) is 3.62. The van der Waals surface area contributed by atoms with Crippen molar-refractivity contribution in [2.24, 2.45) is 0 Å². The molecule has 1 amide bonds. The van der Waals surface area contributed by atoms with Gasteiger partial charge in [-0.25, -0.2) is 9.78 Å². The van der Waals surface area contributed by atoms with E-state index in [0.29, 0.717) is 19.7 Å². The van der Waals surface area contributed by atoms with Crippen LogP contribution in [0.3, 0.4) is 0 Å². The van der Waals surface area contributed by atoms with Crippen LogP contribution >= 0.6 is 0 Å². The van der Waals surface area contributed by atoms with Gasteiger partial charge in [-0.15, -0.1) is 0 Å². The molecule has 0 aliphatic carbocycles. The number of unbranched alkanes of at least 4 members (excludes halogenated alkanes) is 1. The Kier molecular flexibility index (Phi) is 4.95. The quantitative estimate of drug-likeness (QED) is 0.813. The third kappa shape index (κ3) is 3.55. The Morgan fingerprint density at radius 2 is 1.96 bits per heavy atom. The number of ether oxygens (including phenoxy) is 1. The van der Waals surface area contributed by atoms with Crippen LogP contribution in [0.5, 0.6) is 0 Å². The van der Waals surface area contributed by atoms with E-state index in [1.807, 2.05) is 24.4 Å². The Labute approximate surface area is 136 Å². The number of hydrogen-bond donors (Lipinski definition) is 0. The van der Waals surface area contributed by atoms with E-state index >= 15 is 0 Å². The van der Waals surface area contributed by atoms with Crippen LogP contribution in [0.1, 0.15) is 19.8 Å². The first-order valence-corrected chi connectivity index (χ1v) is 8.30. The fourth-order valence-corrected chi connectivity index (χ4v) is 2.85. The highest BCUT2D eigenvalue weighted by Crippen LogP contribution is 2.25. The molecule has 3 rings (SSSR count). The predicted molar refractivity (Wildman–Crippen MR) is 91.8 cm³/mol. The lowest BCUT2D eigenvalue weighted by Crippen LogP contribution is -2.49. The van der Waals surface area contributed by atoms with Gasteiger partial charge in [0.2, 0.25) is 0 Å². The van der Waals surface area contributed by atoms with Gasteiger partial charge in [-0.3, -0.25) is 0 Å². The number of anilines is 1. The van der Waals surface area contributed by atoms with E-state index in [2.05, 4.69) is 28.9 Å². The highest BCUT2D eigenvalue weighted by Gasteiger charge is 2.23. The molecule has 0 bridgehead atoms. The molecule has 5 heteroatoms. The molecule has 1 saturated heterocycles.